The van der Waals surface area contributed by atoms with E-state index in [0.717, 1.165) is 12.1 Å². The summed E-state index contributed by atoms with van der Waals surface area (Å²) in [6.45, 7) is 5.44. The molecule has 20 heavy (non-hydrogen) atoms. The van der Waals surface area contributed by atoms with Crippen molar-refractivity contribution < 1.29 is 18.3 Å². The van der Waals surface area contributed by atoms with E-state index < -0.39 is 23.3 Å². The third kappa shape index (κ3) is 3.95. The summed E-state index contributed by atoms with van der Waals surface area (Å²) in [6, 6.07) is 1.75. The number of ether oxygens (including phenoxy) is 1. The van der Waals surface area contributed by atoms with Crippen LogP contribution in [0.2, 0.25) is 0 Å². The summed E-state index contributed by atoms with van der Waals surface area (Å²) in [5.74, 6) is -0.693. The third-order valence-electron chi connectivity index (χ3n) is 2.92. The number of carbonyl (C=O) groups is 1. The van der Waals surface area contributed by atoms with E-state index in [-0.39, 0.29) is 24.1 Å². The highest BCUT2D eigenvalue weighted by molar-refractivity contribution is 5.94. The molecule has 0 saturated heterocycles. The van der Waals surface area contributed by atoms with Crippen molar-refractivity contribution in [1.82, 2.24) is 5.32 Å². The first-order valence-corrected chi connectivity index (χ1v) is 6.23. The number of amides is 1. The van der Waals surface area contributed by atoms with Crippen LogP contribution in [0, 0.1) is 29.9 Å². The lowest BCUT2D eigenvalue weighted by molar-refractivity contribution is 0.0929. The maximum Gasteiger partial charge on any atom is 0.251 e. The van der Waals surface area contributed by atoms with Crippen LogP contribution in [0.3, 0.4) is 0 Å². The van der Waals surface area contributed by atoms with Gasteiger partial charge in [-0.1, -0.05) is 19.8 Å². The lowest BCUT2D eigenvalue weighted by Gasteiger charge is -2.17. The van der Waals surface area contributed by atoms with E-state index in [9.17, 15) is 13.6 Å². The lowest BCUT2D eigenvalue weighted by Crippen LogP contribution is -2.36. The number of hydrogen-bond donors (Lipinski definition) is 1. The summed E-state index contributed by atoms with van der Waals surface area (Å²) in [5, 5.41) is 2.67. The van der Waals surface area contributed by atoms with Crippen LogP contribution < -0.4 is 10.1 Å². The summed E-state index contributed by atoms with van der Waals surface area (Å²) >= 11 is 0. The normalized spacial score (nSPS) is 11.8. The molecule has 5 heteroatoms. The van der Waals surface area contributed by atoms with Crippen molar-refractivity contribution in [1.29, 1.82) is 0 Å². The fourth-order valence-electron chi connectivity index (χ4n) is 1.40. The zero-order valence-electron chi connectivity index (χ0n) is 11.7. The quantitative estimate of drug-likeness (QED) is 0.843. The average molecular weight is 281 g/mol. The summed E-state index contributed by atoms with van der Waals surface area (Å²) in [6.07, 6.45) is 4.95. The monoisotopic (exact) mass is 281 g/mol. The second kappa shape index (κ2) is 6.90. The van der Waals surface area contributed by atoms with Crippen LogP contribution in [0.5, 0.6) is 5.75 Å². The molecule has 0 saturated carbocycles. The van der Waals surface area contributed by atoms with Gasteiger partial charge in [0.05, 0.1) is 0 Å². The Labute approximate surface area is 117 Å². The van der Waals surface area contributed by atoms with Crippen molar-refractivity contribution in [3.05, 3.63) is 29.3 Å². The van der Waals surface area contributed by atoms with Gasteiger partial charge >= 0.3 is 0 Å². The Morgan fingerprint density at radius 2 is 1.90 bits per heavy atom. The van der Waals surface area contributed by atoms with Gasteiger partial charge in [0.1, 0.15) is 6.61 Å². The average Bonchev–Trinajstić information content (AvgIpc) is 2.37. The Bertz CT molecular complexity index is 512. The van der Waals surface area contributed by atoms with Gasteiger partial charge in [0, 0.05) is 11.6 Å². The molecular formula is C15H17F2NO2. The van der Waals surface area contributed by atoms with Crippen molar-refractivity contribution in [2.45, 2.75) is 26.8 Å². The van der Waals surface area contributed by atoms with Gasteiger partial charge in [0.2, 0.25) is 0 Å². The highest BCUT2D eigenvalue weighted by atomic mass is 19.1. The van der Waals surface area contributed by atoms with E-state index >= 15 is 0 Å². The Morgan fingerprint density at radius 1 is 1.35 bits per heavy atom. The van der Waals surface area contributed by atoms with Crippen LogP contribution in [-0.4, -0.2) is 18.6 Å². The predicted octanol–water partition coefficient (Wildman–Crippen LogP) is 2.75. The second-order valence-electron chi connectivity index (χ2n) is 4.77. The molecule has 0 heterocycles. The van der Waals surface area contributed by atoms with Gasteiger partial charge in [-0.05, 0) is 25.0 Å². The number of benzene rings is 1. The molecule has 1 aromatic carbocycles. The topological polar surface area (TPSA) is 38.3 Å². The number of carbonyl (C=O) groups excluding carboxylic acids is 1. The molecule has 0 fully saturated rings. The molecule has 0 radical (unpaired) electrons. The highest BCUT2D eigenvalue weighted by Crippen LogP contribution is 2.23. The summed E-state index contributed by atoms with van der Waals surface area (Å²) < 4.78 is 32.1. The maximum atomic E-state index is 13.7. The number of nitrogens with one attached hydrogen (secondary N) is 1. The molecule has 0 spiro atoms. The standard InChI is InChI=1S/C15H17F2NO2/c1-5-6-20-14-12(16)7-11(8-13(14)17)15(19)18-10(4)9(2)3/h1,7-10H,6H2,2-4H3,(H,18,19)/t10-/m0/s1. The van der Waals surface area contributed by atoms with Crippen molar-refractivity contribution in [3.8, 4) is 18.1 Å². The SMILES string of the molecule is C#CCOc1c(F)cc(C(=O)N[C@@H](C)C(C)C)cc1F. The molecule has 0 unspecified atom stereocenters. The minimum absolute atomic E-state index is 0.0967. The Hall–Kier alpha value is -2.09. The van der Waals surface area contributed by atoms with E-state index in [1.165, 1.54) is 0 Å². The zero-order chi connectivity index (χ0) is 15.3. The minimum atomic E-state index is -0.956. The molecule has 0 bridgehead atoms. The molecule has 0 aliphatic rings. The van der Waals surface area contributed by atoms with E-state index in [0.29, 0.717) is 0 Å². The van der Waals surface area contributed by atoms with Crippen LogP contribution in [-0.2, 0) is 0 Å². The Balaban J connectivity index is 2.93. The van der Waals surface area contributed by atoms with E-state index in [4.69, 9.17) is 11.2 Å². The van der Waals surface area contributed by atoms with Gasteiger partial charge in [0.15, 0.2) is 17.4 Å². The van der Waals surface area contributed by atoms with E-state index in [1.807, 2.05) is 20.8 Å². The van der Waals surface area contributed by atoms with Crippen LogP contribution in [0.1, 0.15) is 31.1 Å². The lowest BCUT2D eigenvalue weighted by atomic mass is 10.1. The molecule has 1 atom stereocenters. The molecule has 1 N–H and O–H groups in total. The van der Waals surface area contributed by atoms with Crippen molar-refractivity contribution in [3.63, 3.8) is 0 Å². The van der Waals surface area contributed by atoms with Gasteiger partial charge in [-0.15, -0.1) is 6.42 Å². The fourth-order valence-corrected chi connectivity index (χ4v) is 1.40. The van der Waals surface area contributed by atoms with Crippen LogP contribution in [0.25, 0.3) is 0 Å². The Kier molecular flexibility index (Phi) is 5.51. The van der Waals surface area contributed by atoms with Gasteiger partial charge in [-0.3, -0.25) is 4.79 Å². The number of terminal acetylenes is 1. The Morgan fingerprint density at radius 3 is 2.35 bits per heavy atom. The largest absolute Gasteiger partial charge is 0.475 e. The zero-order valence-corrected chi connectivity index (χ0v) is 11.7. The molecule has 1 rings (SSSR count). The summed E-state index contributed by atoms with van der Waals surface area (Å²) in [7, 11) is 0. The predicted molar refractivity (Wildman–Crippen MR) is 72.5 cm³/mol. The van der Waals surface area contributed by atoms with Gasteiger partial charge in [-0.25, -0.2) is 8.78 Å². The van der Waals surface area contributed by atoms with Crippen LogP contribution in [0.15, 0.2) is 12.1 Å². The highest BCUT2D eigenvalue weighted by Gasteiger charge is 2.18. The number of rotatable bonds is 5. The summed E-state index contributed by atoms with van der Waals surface area (Å²) in [5.41, 5.74) is -0.0967. The molecule has 108 valence electrons. The van der Waals surface area contributed by atoms with Gasteiger partial charge in [-0.2, -0.15) is 0 Å². The van der Waals surface area contributed by atoms with Crippen molar-refractivity contribution >= 4 is 5.91 Å². The second-order valence-corrected chi connectivity index (χ2v) is 4.77. The van der Waals surface area contributed by atoms with E-state index in [1.54, 1.807) is 0 Å². The molecule has 1 amide bonds. The number of hydrogen-bond acceptors (Lipinski definition) is 2. The molecule has 0 aromatic heterocycles. The van der Waals surface area contributed by atoms with Gasteiger partial charge < -0.3 is 10.1 Å². The molecule has 3 nitrogen and oxygen atoms in total. The van der Waals surface area contributed by atoms with Gasteiger partial charge in [0.25, 0.3) is 5.91 Å². The van der Waals surface area contributed by atoms with E-state index in [2.05, 4.69) is 11.2 Å². The van der Waals surface area contributed by atoms with Crippen LogP contribution in [0.4, 0.5) is 8.78 Å². The van der Waals surface area contributed by atoms with Crippen LogP contribution >= 0.6 is 0 Å². The third-order valence-corrected chi connectivity index (χ3v) is 2.92. The first kappa shape index (κ1) is 16.0. The minimum Gasteiger partial charge on any atom is -0.475 e. The molecule has 1 aromatic rings. The summed E-state index contributed by atoms with van der Waals surface area (Å²) in [4.78, 5) is 11.9. The number of halogens is 2. The molecule has 0 aliphatic heterocycles. The maximum absolute atomic E-state index is 13.7. The molecule has 0 aliphatic carbocycles. The molecular weight excluding hydrogens is 264 g/mol. The first-order valence-electron chi connectivity index (χ1n) is 6.23. The van der Waals surface area contributed by atoms with Crippen molar-refractivity contribution in [2.75, 3.05) is 6.61 Å². The first-order chi connectivity index (χ1) is 9.36. The smallest absolute Gasteiger partial charge is 0.251 e. The van der Waals surface area contributed by atoms with Crippen molar-refractivity contribution in [2.24, 2.45) is 5.92 Å². The fraction of sp³-hybridized carbons (Fsp3) is 0.400.